The van der Waals surface area contributed by atoms with Crippen molar-refractivity contribution in [2.45, 2.75) is 0 Å². The zero-order chi connectivity index (χ0) is 9.97. The SMILES string of the molecule is NC(=O)[CH]c1ccc2c(c1)OCCO2. The van der Waals surface area contributed by atoms with Gasteiger partial charge < -0.3 is 15.2 Å². The van der Waals surface area contributed by atoms with Gasteiger partial charge in [0.15, 0.2) is 11.5 Å². The van der Waals surface area contributed by atoms with Gasteiger partial charge in [0.2, 0.25) is 5.91 Å². The Bertz CT molecular complexity index is 362. The molecule has 0 fully saturated rings. The van der Waals surface area contributed by atoms with Crippen molar-refractivity contribution >= 4 is 5.91 Å². The number of carbonyl (C=O) groups is 1. The summed E-state index contributed by atoms with van der Waals surface area (Å²) in [5, 5.41) is 0. The van der Waals surface area contributed by atoms with Crippen LogP contribution < -0.4 is 15.2 Å². The molecule has 1 amide bonds. The molecule has 1 aliphatic heterocycles. The van der Waals surface area contributed by atoms with Crippen LogP contribution in [0.3, 0.4) is 0 Å². The quantitative estimate of drug-likeness (QED) is 0.742. The highest BCUT2D eigenvalue weighted by atomic mass is 16.6. The molecule has 2 N–H and O–H groups in total. The summed E-state index contributed by atoms with van der Waals surface area (Å²) < 4.78 is 10.7. The van der Waals surface area contributed by atoms with Crippen LogP contribution >= 0.6 is 0 Å². The number of fused-ring (bicyclic) bond motifs is 1. The Balaban J connectivity index is 2.24. The van der Waals surface area contributed by atoms with Gasteiger partial charge in [0.25, 0.3) is 0 Å². The largest absolute Gasteiger partial charge is 0.486 e. The molecule has 4 heteroatoms. The van der Waals surface area contributed by atoms with Crippen LogP contribution in [0.1, 0.15) is 5.56 Å². The van der Waals surface area contributed by atoms with Crippen molar-refractivity contribution < 1.29 is 14.3 Å². The molecule has 0 bridgehead atoms. The third kappa shape index (κ3) is 1.79. The van der Waals surface area contributed by atoms with E-state index in [2.05, 4.69) is 0 Å². The van der Waals surface area contributed by atoms with Gasteiger partial charge in [-0.3, -0.25) is 4.79 Å². The topological polar surface area (TPSA) is 61.6 Å². The molecule has 14 heavy (non-hydrogen) atoms. The Hall–Kier alpha value is -1.71. The van der Waals surface area contributed by atoms with Crippen molar-refractivity contribution in [3.8, 4) is 11.5 Å². The van der Waals surface area contributed by atoms with Crippen molar-refractivity contribution in [2.24, 2.45) is 5.73 Å². The summed E-state index contributed by atoms with van der Waals surface area (Å²) in [7, 11) is 0. The first kappa shape index (κ1) is 8.87. The van der Waals surface area contributed by atoms with Gasteiger partial charge in [-0.1, -0.05) is 6.07 Å². The molecule has 1 aromatic rings. The van der Waals surface area contributed by atoms with Gasteiger partial charge in [-0.05, 0) is 17.7 Å². The molecule has 0 saturated heterocycles. The van der Waals surface area contributed by atoms with Crippen molar-refractivity contribution in [3.63, 3.8) is 0 Å². The number of primary amides is 1. The monoisotopic (exact) mass is 192 g/mol. The number of hydrogen-bond donors (Lipinski definition) is 1. The minimum atomic E-state index is -0.471. The fourth-order valence-electron chi connectivity index (χ4n) is 1.31. The molecule has 0 unspecified atom stereocenters. The molecule has 1 aromatic carbocycles. The van der Waals surface area contributed by atoms with Gasteiger partial charge in [-0.2, -0.15) is 0 Å². The second kappa shape index (κ2) is 3.57. The number of nitrogens with two attached hydrogens (primary N) is 1. The molecule has 0 aromatic heterocycles. The minimum absolute atomic E-state index is 0.471. The van der Waals surface area contributed by atoms with E-state index in [-0.39, 0.29) is 0 Å². The zero-order valence-electron chi connectivity index (χ0n) is 7.53. The van der Waals surface area contributed by atoms with Crippen LogP contribution in [0.25, 0.3) is 0 Å². The van der Waals surface area contributed by atoms with E-state index in [1.54, 1.807) is 18.2 Å². The predicted molar refractivity (Wildman–Crippen MR) is 50.0 cm³/mol. The van der Waals surface area contributed by atoms with Crippen molar-refractivity contribution in [1.29, 1.82) is 0 Å². The first-order chi connectivity index (χ1) is 6.75. The summed E-state index contributed by atoms with van der Waals surface area (Å²) in [6.07, 6.45) is 1.35. The number of rotatable bonds is 2. The van der Waals surface area contributed by atoms with Crippen LogP contribution in [0.4, 0.5) is 0 Å². The Morgan fingerprint density at radius 1 is 1.29 bits per heavy atom. The van der Waals surface area contributed by atoms with Gasteiger partial charge >= 0.3 is 0 Å². The summed E-state index contributed by atoms with van der Waals surface area (Å²) in [6.45, 7) is 1.10. The molecule has 0 saturated carbocycles. The van der Waals surface area contributed by atoms with Gasteiger partial charge in [-0.25, -0.2) is 0 Å². The highest BCUT2D eigenvalue weighted by molar-refractivity contribution is 5.87. The summed E-state index contributed by atoms with van der Waals surface area (Å²) in [5.41, 5.74) is 5.76. The first-order valence-electron chi connectivity index (χ1n) is 4.29. The van der Waals surface area contributed by atoms with Crippen LogP contribution in [0.2, 0.25) is 0 Å². The number of ether oxygens (including phenoxy) is 2. The van der Waals surface area contributed by atoms with E-state index < -0.39 is 5.91 Å². The molecule has 0 aliphatic carbocycles. The Labute approximate surface area is 81.6 Å². The summed E-state index contributed by atoms with van der Waals surface area (Å²) in [5.74, 6) is 0.894. The van der Waals surface area contributed by atoms with Crippen LogP contribution in [-0.4, -0.2) is 19.1 Å². The standard InChI is InChI=1S/C10H10NO3/c11-10(12)6-7-1-2-8-9(5-7)14-4-3-13-8/h1-2,5-6H,3-4H2,(H2,11,12). The molecular weight excluding hydrogens is 182 g/mol. The van der Waals surface area contributed by atoms with E-state index in [1.807, 2.05) is 0 Å². The van der Waals surface area contributed by atoms with Crippen LogP contribution in [-0.2, 0) is 4.79 Å². The van der Waals surface area contributed by atoms with E-state index in [4.69, 9.17) is 15.2 Å². The lowest BCUT2D eigenvalue weighted by Gasteiger charge is -2.18. The molecule has 0 atom stereocenters. The van der Waals surface area contributed by atoms with E-state index in [0.29, 0.717) is 24.7 Å². The maximum absolute atomic E-state index is 10.6. The second-order valence-corrected chi connectivity index (χ2v) is 2.95. The molecule has 0 spiro atoms. The van der Waals surface area contributed by atoms with Gasteiger partial charge in [0.1, 0.15) is 13.2 Å². The Morgan fingerprint density at radius 3 is 2.71 bits per heavy atom. The molecule has 4 nitrogen and oxygen atoms in total. The average molecular weight is 192 g/mol. The fourth-order valence-corrected chi connectivity index (χ4v) is 1.31. The molecule has 1 heterocycles. The Morgan fingerprint density at radius 2 is 2.00 bits per heavy atom. The van der Waals surface area contributed by atoms with Crippen molar-refractivity contribution in [2.75, 3.05) is 13.2 Å². The fraction of sp³-hybridized carbons (Fsp3) is 0.200. The van der Waals surface area contributed by atoms with Crippen LogP contribution in [0.5, 0.6) is 11.5 Å². The maximum Gasteiger partial charge on any atom is 0.226 e. The summed E-state index contributed by atoms with van der Waals surface area (Å²) in [6, 6.07) is 5.26. The number of benzene rings is 1. The van der Waals surface area contributed by atoms with Gasteiger partial charge in [0.05, 0.1) is 6.42 Å². The van der Waals surface area contributed by atoms with Crippen molar-refractivity contribution in [1.82, 2.24) is 0 Å². The third-order valence-corrected chi connectivity index (χ3v) is 1.88. The zero-order valence-corrected chi connectivity index (χ0v) is 7.53. The van der Waals surface area contributed by atoms with E-state index >= 15 is 0 Å². The summed E-state index contributed by atoms with van der Waals surface area (Å²) in [4.78, 5) is 10.6. The molecule has 73 valence electrons. The van der Waals surface area contributed by atoms with E-state index in [0.717, 1.165) is 5.56 Å². The average Bonchev–Trinajstić information content (AvgIpc) is 2.17. The number of amides is 1. The van der Waals surface area contributed by atoms with Gasteiger partial charge in [0, 0.05) is 0 Å². The minimum Gasteiger partial charge on any atom is -0.486 e. The van der Waals surface area contributed by atoms with E-state index in [1.165, 1.54) is 6.42 Å². The van der Waals surface area contributed by atoms with Crippen LogP contribution in [0.15, 0.2) is 18.2 Å². The van der Waals surface area contributed by atoms with E-state index in [9.17, 15) is 4.79 Å². The molecular formula is C10H10NO3. The molecule has 1 radical (unpaired) electrons. The predicted octanol–water partition coefficient (Wildman–Crippen LogP) is 0.495. The number of carbonyl (C=O) groups excluding carboxylic acids is 1. The highest BCUT2D eigenvalue weighted by Crippen LogP contribution is 2.30. The molecule has 2 rings (SSSR count). The smallest absolute Gasteiger partial charge is 0.226 e. The highest BCUT2D eigenvalue weighted by Gasteiger charge is 2.12. The molecule has 1 aliphatic rings. The Kier molecular flexibility index (Phi) is 2.26. The first-order valence-corrected chi connectivity index (χ1v) is 4.29. The normalized spacial score (nSPS) is 13.7. The van der Waals surface area contributed by atoms with Crippen LogP contribution in [0, 0.1) is 6.42 Å². The lowest BCUT2D eigenvalue weighted by Crippen LogP contribution is -2.16. The lowest BCUT2D eigenvalue weighted by atomic mass is 10.1. The second-order valence-electron chi connectivity index (χ2n) is 2.95. The summed E-state index contributed by atoms with van der Waals surface area (Å²) >= 11 is 0. The maximum atomic E-state index is 10.6. The third-order valence-electron chi connectivity index (χ3n) is 1.88. The lowest BCUT2D eigenvalue weighted by molar-refractivity contribution is -0.114. The van der Waals surface area contributed by atoms with Crippen molar-refractivity contribution in [3.05, 3.63) is 30.2 Å². The van der Waals surface area contributed by atoms with Gasteiger partial charge in [-0.15, -0.1) is 0 Å². The number of hydrogen-bond acceptors (Lipinski definition) is 3.